The molecule has 0 bridgehead atoms. The molecule has 0 aliphatic rings. The summed E-state index contributed by atoms with van der Waals surface area (Å²) < 4.78 is 14.4. The van der Waals surface area contributed by atoms with Gasteiger partial charge in [-0.25, -0.2) is 4.39 Å². The van der Waals surface area contributed by atoms with Gasteiger partial charge in [0.25, 0.3) is 0 Å². The Bertz CT molecular complexity index is 344. The standard InChI is InChI=1S/C11H14BrClFN/c1-7(5-6-15-2)8-3-4-9(12)10(13)11(8)14/h3-4,7,15H,5-6H2,1-2H3. The SMILES string of the molecule is CNCCC(C)c1ccc(Br)c(Cl)c1F. The van der Waals surface area contributed by atoms with Crippen LogP contribution >= 0.6 is 27.5 Å². The molecule has 1 aromatic rings. The maximum absolute atomic E-state index is 13.8. The Morgan fingerprint density at radius 2 is 2.20 bits per heavy atom. The molecule has 0 amide bonds. The molecule has 1 N–H and O–H groups in total. The molecule has 0 saturated carbocycles. The molecule has 84 valence electrons. The highest BCUT2D eigenvalue weighted by molar-refractivity contribution is 9.10. The van der Waals surface area contributed by atoms with Crippen molar-refractivity contribution < 1.29 is 4.39 Å². The molecule has 0 aromatic heterocycles. The van der Waals surface area contributed by atoms with Gasteiger partial charge in [-0.15, -0.1) is 0 Å². The zero-order valence-electron chi connectivity index (χ0n) is 8.78. The first kappa shape index (κ1) is 12.9. The Kier molecular flexibility index (Phi) is 5.03. The van der Waals surface area contributed by atoms with Gasteiger partial charge in [-0.1, -0.05) is 24.6 Å². The molecular weight excluding hydrogens is 280 g/mol. The second kappa shape index (κ2) is 5.83. The molecule has 1 rings (SSSR count). The third-order valence-electron chi connectivity index (χ3n) is 2.42. The molecule has 0 heterocycles. The van der Waals surface area contributed by atoms with Crippen LogP contribution in [0.3, 0.4) is 0 Å². The molecule has 0 spiro atoms. The second-order valence-electron chi connectivity index (χ2n) is 3.56. The van der Waals surface area contributed by atoms with Crippen LogP contribution in [-0.2, 0) is 0 Å². The van der Waals surface area contributed by atoms with Crippen molar-refractivity contribution in [3.63, 3.8) is 0 Å². The predicted molar refractivity (Wildman–Crippen MR) is 66.1 cm³/mol. The fourth-order valence-corrected chi connectivity index (χ4v) is 1.92. The molecule has 0 aliphatic carbocycles. The summed E-state index contributed by atoms with van der Waals surface area (Å²) in [5.74, 6) is -0.141. The molecule has 15 heavy (non-hydrogen) atoms. The highest BCUT2D eigenvalue weighted by Crippen LogP contribution is 2.31. The van der Waals surface area contributed by atoms with Crippen LogP contribution < -0.4 is 5.32 Å². The minimum atomic E-state index is -0.311. The fourth-order valence-electron chi connectivity index (χ4n) is 1.44. The minimum absolute atomic E-state index is 0.169. The Morgan fingerprint density at radius 3 is 2.80 bits per heavy atom. The topological polar surface area (TPSA) is 12.0 Å². The largest absolute Gasteiger partial charge is 0.320 e. The van der Waals surface area contributed by atoms with E-state index in [4.69, 9.17) is 11.6 Å². The van der Waals surface area contributed by atoms with E-state index in [1.807, 2.05) is 14.0 Å². The third kappa shape index (κ3) is 3.16. The Hall–Kier alpha value is -0.120. The van der Waals surface area contributed by atoms with Crippen molar-refractivity contribution >= 4 is 27.5 Å². The van der Waals surface area contributed by atoms with Crippen LogP contribution in [0, 0.1) is 5.82 Å². The lowest BCUT2D eigenvalue weighted by Gasteiger charge is -2.13. The summed E-state index contributed by atoms with van der Waals surface area (Å²) in [5, 5.41) is 3.22. The van der Waals surface area contributed by atoms with Crippen LogP contribution in [0.25, 0.3) is 0 Å². The molecule has 1 nitrogen and oxygen atoms in total. The number of halogens is 3. The lowest BCUT2D eigenvalue weighted by atomic mass is 9.97. The highest BCUT2D eigenvalue weighted by atomic mass is 79.9. The summed E-state index contributed by atoms with van der Waals surface area (Å²) in [6.45, 7) is 2.87. The predicted octanol–water partition coefficient (Wildman–Crippen LogP) is 3.95. The summed E-state index contributed by atoms with van der Waals surface area (Å²) in [5.41, 5.74) is 0.679. The fraction of sp³-hybridized carbons (Fsp3) is 0.455. The van der Waals surface area contributed by atoms with Crippen molar-refractivity contribution in [2.75, 3.05) is 13.6 Å². The Labute approximate surface area is 103 Å². The normalized spacial score (nSPS) is 12.9. The lowest BCUT2D eigenvalue weighted by molar-refractivity contribution is 0.565. The summed E-state index contributed by atoms with van der Waals surface area (Å²) in [6.07, 6.45) is 0.894. The van der Waals surface area contributed by atoms with Crippen molar-refractivity contribution in [3.05, 3.63) is 33.0 Å². The summed E-state index contributed by atoms with van der Waals surface area (Å²) >= 11 is 9.02. The molecule has 0 aliphatic heterocycles. The van der Waals surface area contributed by atoms with E-state index in [-0.39, 0.29) is 16.8 Å². The zero-order valence-corrected chi connectivity index (χ0v) is 11.1. The molecule has 0 saturated heterocycles. The molecule has 1 atom stereocenters. The van der Waals surface area contributed by atoms with Crippen molar-refractivity contribution in [3.8, 4) is 0 Å². The summed E-state index contributed by atoms with van der Waals surface area (Å²) in [7, 11) is 1.89. The zero-order chi connectivity index (χ0) is 11.4. The average molecular weight is 295 g/mol. The van der Waals surface area contributed by atoms with Crippen LogP contribution in [-0.4, -0.2) is 13.6 Å². The van der Waals surface area contributed by atoms with E-state index >= 15 is 0 Å². The van der Waals surface area contributed by atoms with Crippen LogP contribution in [0.15, 0.2) is 16.6 Å². The van der Waals surface area contributed by atoms with E-state index in [9.17, 15) is 4.39 Å². The average Bonchev–Trinajstić information content (AvgIpc) is 2.23. The molecule has 0 fully saturated rings. The smallest absolute Gasteiger partial charge is 0.146 e. The molecular formula is C11H14BrClFN. The Balaban J connectivity index is 2.90. The van der Waals surface area contributed by atoms with Crippen molar-refractivity contribution in [1.82, 2.24) is 5.32 Å². The van der Waals surface area contributed by atoms with Gasteiger partial charge in [0.2, 0.25) is 0 Å². The Morgan fingerprint density at radius 1 is 1.53 bits per heavy atom. The van der Waals surface area contributed by atoms with Crippen LogP contribution in [0.5, 0.6) is 0 Å². The van der Waals surface area contributed by atoms with E-state index in [0.717, 1.165) is 13.0 Å². The van der Waals surface area contributed by atoms with Gasteiger partial charge in [0.1, 0.15) is 5.82 Å². The van der Waals surface area contributed by atoms with E-state index in [1.165, 1.54) is 0 Å². The monoisotopic (exact) mass is 293 g/mol. The third-order valence-corrected chi connectivity index (χ3v) is 3.68. The highest BCUT2D eigenvalue weighted by Gasteiger charge is 2.14. The summed E-state index contributed by atoms with van der Waals surface area (Å²) in [4.78, 5) is 0. The van der Waals surface area contributed by atoms with Gasteiger partial charge in [0.05, 0.1) is 5.02 Å². The first-order valence-corrected chi connectivity index (χ1v) is 6.03. The second-order valence-corrected chi connectivity index (χ2v) is 4.79. The van der Waals surface area contributed by atoms with Gasteiger partial charge in [-0.3, -0.25) is 0 Å². The van der Waals surface area contributed by atoms with Crippen LogP contribution in [0.1, 0.15) is 24.8 Å². The maximum atomic E-state index is 13.8. The van der Waals surface area contributed by atoms with Gasteiger partial charge in [-0.2, -0.15) is 0 Å². The van der Waals surface area contributed by atoms with E-state index in [1.54, 1.807) is 12.1 Å². The maximum Gasteiger partial charge on any atom is 0.146 e. The molecule has 0 radical (unpaired) electrons. The van der Waals surface area contributed by atoms with Gasteiger partial charge in [-0.05, 0) is 53.5 Å². The van der Waals surface area contributed by atoms with Gasteiger partial charge in [0, 0.05) is 4.47 Å². The minimum Gasteiger partial charge on any atom is -0.320 e. The number of nitrogens with one attached hydrogen (secondary N) is 1. The molecule has 1 unspecified atom stereocenters. The number of hydrogen-bond acceptors (Lipinski definition) is 1. The molecule has 4 heteroatoms. The van der Waals surface area contributed by atoms with Crippen molar-refractivity contribution in [2.45, 2.75) is 19.3 Å². The van der Waals surface area contributed by atoms with Crippen LogP contribution in [0.2, 0.25) is 5.02 Å². The van der Waals surface area contributed by atoms with Gasteiger partial charge >= 0.3 is 0 Å². The van der Waals surface area contributed by atoms with Crippen molar-refractivity contribution in [1.29, 1.82) is 0 Å². The van der Waals surface area contributed by atoms with E-state index < -0.39 is 0 Å². The number of hydrogen-bond donors (Lipinski definition) is 1. The first-order chi connectivity index (χ1) is 7.07. The van der Waals surface area contributed by atoms with Crippen LogP contribution in [0.4, 0.5) is 4.39 Å². The van der Waals surface area contributed by atoms with E-state index in [0.29, 0.717) is 10.0 Å². The summed E-state index contributed by atoms with van der Waals surface area (Å²) in [6, 6.07) is 3.57. The van der Waals surface area contributed by atoms with Gasteiger partial charge < -0.3 is 5.32 Å². The lowest BCUT2D eigenvalue weighted by Crippen LogP contribution is -2.11. The number of benzene rings is 1. The first-order valence-electron chi connectivity index (χ1n) is 4.86. The quantitative estimate of drug-likeness (QED) is 0.829. The molecule has 1 aromatic carbocycles. The van der Waals surface area contributed by atoms with Crippen molar-refractivity contribution in [2.24, 2.45) is 0 Å². The van der Waals surface area contributed by atoms with E-state index in [2.05, 4.69) is 21.2 Å². The van der Waals surface area contributed by atoms with Gasteiger partial charge in [0.15, 0.2) is 0 Å². The number of rotatable bonds is 4.